The number of nitrogens with one attached hydrogen (secondary N) is 1. The fourth-order valence-electron chi connectivity index (χ4n) is 2.07. The van der Waals surface area contributed by atoms with Gasteiger partial charge >= 0.3 is 0 Å². The number of sulfonamides is 1. The summed E-state index contributed by atoms with van der Waals surface area (Å²) in [6.45, 7) is 0.212. The molecule has 0 fully saturated rings. The molecule has 23 heavy (non-hydrogen) atoms. The van der Waals surface area contributed by atoms with Gasteiger partial charge in [-0.15, -0.1) is 0 Å². The molecule has 0 aliphatic rings. The van der Waals surface area contributed by atoms with Crippen LogP contribution in [0.5, 0.6) is 0 Å². The summed E-state index contributed by atoms with van der Waals surface area (Å²) < 4.78 is 27.9. The van der Waals surface area contributed by atoms with Crippen LogP contribution in [0.25, 0.3) is 11.3 Å². The third kappa shape index (κ3) is 3.87. The third-order valence-corrected chi connectivity index (χ3v) is 6.33. The van der Waals surface area contributed by atoms with Gasteiger partial charge in [-0.05, 0) is 57.2 Å². The Labute approximate surface area is 147 Å². The van der Waals surface area contributed by atoms with E-state index in [2.05, 4.69) is 25.6 Å². The highest BCUT2D eigenvalue weighted by Gasteiger charge is 2.16. The molecule has 0 saturated carbocycles. The van der Waals surface area contributed by atoms with Gasteiger partial charge in [0.15, 0.2) is 0 Å². The SMILES string of the molecule is O=S(=O)(NCc1ccnc(-c2ccsc2)c1)c1ccccc1Br. The zero-order valence-corrected chi connectivity index (χ0v) is 15.2. The van der Waals surface area contributed by atoms with Crippen LogP contribution in [0.15, 0.2) is 68.8 Å². The molecule has 2 heterocycles. The van der Waals surface area contributed by atoms with Crippen molar-refractivity contribution < 1.29 is 8.42 Å². The van der Waals surface area contributed by atoms with Crippen LogP contribution in [0.2, 0.25) is 0 Å². The predicted molar refractivity (Wildman–Crippen MR) is 95.7 cm³/mol. The van der Waals surface area contributed by atoms with Crippen LogP contribution in [-0.4, -0.2) is 13.4 Å². The van der Waals surface area contributed by atoms with Gasteiger partial charge in [-0.25, -0.2) is 13.1 Å². The minimum absolute atomic E-state index is 0.212. The average Bonchev–Trinajstić information content (AvgIpc) is 3.08. The van der Waals surface area contributed by atoms with Crippen molar-refractivity contribution in [2.75, 3.05) is 0 Å². The van der Waals surface area contributed by atoms with Gasteiger partial charge in [-0.1, -0.05) is 12.1 Å². The lowest BCUT2D eigenvalue weighted by atomic mass is 10.1. The van der Waals surface area contributed by atoms with Crippen molar-refractivity contribution in [3.05, 3.63) is 69.5 Å². The highest BCUT2D eigenvalue weighted by molar-refractivity contribution is 9.10. The summed E-state index contributed by atoms with van der Waals surface area (Å²) in [6.07, 6.45) is 1.69. The standard InChI is InChI=1S/C16H13BrN2O2S2/c17-14-3-1-2-4-16(14)23(20,21)19-10-12-5-7-18-15(9-12)13-6-8-22-11-13/h1-9,11,19H,10H2. The van der Waals surface area contributed by atoms with E-state index in [1.807, 2.05) is 22.9 Å². The quantitative estimate of drug-likeness (QED) is 0.692. The molecule has 7 heteroatoms. The second kappa shape index (κ2) is 6.92. The number of hydrogen-bond acceptors (Lipinski definition) is 4. The third-order valence-electron chi connectivity index (χ3n) is 3.23. The first-order valence-corrected chi connectivity index (χ1v) is 10.00. The van der Waals surface area contributed by atoms with E-state index in [0.717, 1.165) is 16.8 Å². The first kappa shape index (κ1) is 16.3. The summed E-state index contributed by atoms with van der Waals surface area (Å²) in [5.41, 5.74) is 2.73. The number of nitrogens with zero attached hydrogens (tertiary/aromatic N) is 1. The molecule has 0 aliphatic heterocycles. The van der Waals surface area contributed by atoms with E-state index >= 15 is 0 Å². The summed E-state index contributed by atoms with van der Waals surface area (Å²) in [6, 6.07) is 12.4. The molecule has 0 atom stereocenters. The molecule has 2 aromatic heterocycles. The minimum Gasteiger partial charge on any atom is -0.256 e. The van der Waals surface area contributed by atoms with E-state index in [9.17, 15) is 8.42 Å². The highest BCUT2D eigenvalue weighted by atomic mass is 79.9. The first-order chi connectivity index (χ1) is 11.1. The van der Waals surface area contributed by atoms with Crippen molar-refractivity contribution >= 4 is 37.3 Å². The van der Waals surface area contributed by atoms with Crippen molar-refractivity contribution in [1.29, 1.82) is 0 Å². The number of benzene rings is 1. The van der Waals surface area contributed by atoms with Gasteiger partial charge in [0.2, 0.25) is 10.0 Å². The second-order valence-corrected chi connectivity index (χ2v) is 8.19. The summed E-state index contributed by atoms with van der Waals surface area (Å²) in [5.74, 6) is 0. The molecular formula is C16H13BrN2O2S2. The van der Waals surface area contributed by atoms with Gasteiger partial charge in [-0.3, -0.25) is 4.98 Å². The van der Waals surface area contributed by atoms with Gasteiger partial charge in [0.25, 0.3) is 0 Å². The molecule has 3 rings (SSSR count). The predicted octanol–water partition coefficient (Wildman–Crippen LogP) is 4.05. The lowest BCUT2D eigenvalue weighted by Gasteiger charge is -2.09. The summed E-state index contributed by atoms with van der Waals surface area (Å²) in [7, 11) is -3.57. The van der Waals surface area contributed by atoms with Crippen LogP contribution in [0.3, 0.4) is 0 Å². The van der Waals surface area contributed by atoms with Crippen LogP contribution in [0.4, 0.5) is 0 Å². The molecule has 4 nitrogen and oxygen atoms in total. The van der Waals surface area contributed by atoms with Crippen molar-refractivity contribution in [1.82, 2.24) is 9.71 Å². The van der Waals surface area contributed by atoms with Crippen LogP contribution >= 0.6 is 27.3 Å². The van der Waals surface area contributed by atoms with Crippen LogP contribution < -0.4 is 4.72 Å². The Balaban J connectivity index is 1.78. The maximum absolute atomic E-state index is 12.4. The molecule has 0 unspecified atom stereocenters. The number of thiophene rings is 1. The number of halogens is 1. The van der Waals surface area contributed by atoms with E-state index in [1.54, 1.807) is 47.9 Å². The second-order valence-electron chi connectivity index (χ2n) is 4.82. The number of hydrogen-bond donors (Lipinski definition) is 1. The zero-order chi connectivity index (χ0) is 16.3. The molecule has 0 bridgehead atoms. The van der Waals surface area contributed by atoms with E-state index in [0.29, 0.717) is 4.47 Å². The topological polar surface area (TPSA) is 59.1 Å². The fraction of sp³-hybridized carbons (Fsp3) is 0.0625. The number of aromatic nitrogens is 1. The van der Waals surface area contributed by atoms with E-state index in [4.69, 9.17) is 0 Å². The smallest absolute Gasteiger partial charge is 0.241 e. The van der Waals surface area contributed by atoms with Gasteiger partial charge in [0.05, 0.1) is 10.6 Å². The van der Waals surface area contributed by atoms with Gasteiger partial charge in [0, 0.05) is 28.2 Å². The Morgan fingerprint density at radius 3 is 2.74 bits per heavy atom. The molecule has 0 saturated heterocycles. The zero-order valence-electron chi connectivity index (χ0n) is 11.9. The van der Waals surface area contributed by atoms with Gasteiger partial charge in [-0.2, -0.15) is 11.3 Å². The molecular weight excluding hydrogens is 396 g/mol. The monoisotopic (exact) mass is 408 g/mol. The molecule has 0 spiro atoms. The molecule has 0 amide bonds. The van der Waals surface area contributed by atoms with E-state index in [-0.39, 0.29) is 11.4 Å². The summed E-state index contributed by atoms with van der Waals surface area (Å²) in [4.78, 5) is 4.55. The highest BCUT2D eigenvalue weighted by Crippen LogP contribution is 2.22. The Bertz CT molecular complexity index is 909. The Kier molecular flexibility index (Phi) is 4.91. The molecule has 0 radical (unpaired) electrons. The van der Waals surface area contributed by atoms with E-state index in [1.165, 1.54) is 0 Å². The lowest BCUT2D eigenvalue weighted by molar-refractivity contribution is 0.581. The van der Waals surface area contributed by atoms with Gasteiger partial charge in [0.1, 0.15) is 0 Å². The largest absolute Gasteiger partial charge is 0.256 e. The van der Waals surface area contributed by atoms with Crippen LogP contribution in [-0.2, 0) is 16.6 Å². The molecule has 0 aliphatic carbocycles. The maximum atomic E-state index is 12.4. The number of rotatable bonds is 5. The summed E-state index contributed by atoms with van der Waals surface area (Å²) in [5, 5.41) is 4.00. The molecule has 3 aromatic rings. The normalized spacial score (nSPS) is 11.5. The van der Waals surface area contributed by atoms with Crippen LogP contribution in [0, 0.1) is 0 Å². The van der Waals surface area contributed by atoms with Crippen LogP contribution in [0.1, 0.15) is 5.56 Å². The van der Waals surface area contributed by atoms with Crippen molar-refractivity contribution in [2.24, 2.45) is 0 Å². The Morgan fingerprint density at radius 1 is 1.17 bits per heavy atom. The Morgan fingerprint density at radius 2 is 2.00 bits per heavy atom. The Hall–Kier alpha value is -1.54. The minimum atomic E-state index is -3.57. The van der Waals surface area contributed by atoms with Crippen molar-refractivity contribution in [3.8, 4) is 11.3 Å². The average molecular weight is 409 g/mol. The van der Waals surface area contributed by atoms with Crippen molar-refractivity contribution in [2.45, 2.75) is 11.4 Å². The van der Waals surface area contributed by atoms with Gasteiger partial charge < -0.3 is 0 Å². The number of pyridine rings is 1. The maximum Gasteiger partial charge on any atom is 0.241 e. The molecule has 1 aromatic carbocycles. The van der Waals surface area contributed by atoms with Crippen molar-refractivity contribution in [3.63, 3.8) is 0 Å². The lowest BCUT2D eigenvalue weighted by Crippen LogP contribution is -2.23. The fourth-order valence-corrected chi connectivity index (χ4v) is 4.74. The molecule has 118 valence electrons. The molecule has 1 N–H and O–H groups in total. The summed E-state index contributed by atoms with van der Waals surface area (Å²) >= 11 is 4.87. The van der Waals surface area contributed by atoms with E-state index < -0.39 is 10.0 Å². The first-order valence-electron chi connectivity index (χ1n) is 6.78.